The summed E-state index contributed by atoms with van der Waals surface area (Å²) in [5.74, 6) is 0. The smallest absolute Gasteiger partial charge is 1.00 e. The van der Waals surface area contributed by atoms with Crippen LogP contribution in [0.1, 0.15) is 39.5 Å². The zero-order valence-corrected chi connectivity index (χ0v) is 52.1. The Morgan fingerprint density at radius 1 is 0.409 bits per heavy atom. The van der Waals surface area contributed by atoms with Gasteiger partial charge < -0.3 is 41.0 Å². The molecule has 32 heteroatoms. The number of imidazole rings is 4. The van der Waals surface area contributed by atoms with Crippen molar-refractivity contribution in [2.45, 2.75) is 105 Å². The molecule has 2 aromatic carbocycles. The van der Waals surface area contributed by atoms with Crippen molar-refractivity contribution in [2.75, 3.05) is 0 Å². The Balaban J connectivity index is 0.000000364. The van der Waals surface area contributed by atoms with Gasteiger partial charge in [-0.15, -0.1) is 0 Å². The third-order valence-electron chi connectivity index (χ3n) is 13.4. The van der Waals surface area contributed by atoms with Gasteiger partial charge in [0, 0.05) is 0 Å². The third kappa shape index (κ3) is 17.6. The van der Waals surface area contributed by atoms with Crippen LogP contribution >= 0.6 is 0 Å². The average Bonchev–Trinajstić information content (AvgIpc) is 2.02. The van der Waals surface area contributed by atoms with Crippen LogP contribution < -0.4 is 117 Å². The number of aryl methyl sites for hydroxylation is 8. The number of hydrogen-bond donors (Lipinski definition) is 0. The van der Waals surface area contributed by atoms with E-state index in [0.717, 1.165) is 38.8 Å². The SMILES string of the molecule is CCCC[n+]1ccn(CCn2c(=O)c3cc4c(=O)n(CCn5cc[n+](C)c5)c(=O)c4cc3c2=O)c1.CCCC[n+]1ccn(CCn2c(=O)c3cc4c(=O)n(CCn5cc[n+](C)c5)c(=O)c4cc3c2=O)c1.[C-]#[N+]N=C=[N-].[C-]#[N+]N=C=[N-].[C-]#[N+]N=C=[N-].[Cl-].[Cl-].[Na+]. The molecule has 448 valence electrons. The Morgan fingerprint density at radius 2 is 0.636 bits per heavy atom. The summed E-state index contributed by atoms with van der Waals surface area (Å²) in [7, 11) is 3.78. The Hall–Kier alpha value is -9.97. The summed E-state index contributed by atoms with van der Waals surface area (Å²) in [6, 6.07) is 9.51. The Labute approximate surface area is 534 Å². The molecule has 0 aliphatic rings. The number of benzene rings is 2. The number of fused-ring (bicyclic) bond motifs is 4. The van der Waals surface area contributed by atoms with Crippen molar-refractivity contribution in [2.24, 2.45) is 29.4 Å². The van der Waals surface area contributed by atoms with Crippen molar-refractivity contribution in [1.82, 2.24) is 36.5 Å². The molecule has 0 N–H and O–H groups in total. The minimum Gasteiger partial charge on any atom is -1.00 e. The van der Waals surface area contributed by atoms with E-state index in [9.17, 15) is 38.4 Å². The van der Waals surface area contributed by atoms with E-state index in [4.69, 9.17) is 35.9 Å². The largest absolute Gasteiger partial charge is 1.00 e. The molecule has 0 radical (unpaired) electrons. The second kappa shape index (κ2) is 34.9. The molecule has 0 aliphatic carbocycles. The van der Waals surface area contributed by atoms with Gasteiger partial charge in [0.05, 0.1) is 96.5 Å². The molecule has 8 heterocycles. The molecule has 0 atom stereocenters. The van der Waals surface area contributed by atoms with Gasteiger partial charge in [0.25, 0.3) is 44.5 Å². The molecule has 0 bridgehead atoms. The average molecular weight is 1250 g/mol. The van der Waals surface area contributed by atoms with Crippen LogP contribution in [0.3, 0.4) is 0 Å². The second-order valence-corrected chi connectivity index (χ2v) is 19.0. The van der Waals surface area contributed by atoms with Gasteiger partial charge in [-0.25, -0.2) is 71.1 Å². The van der Waals surface area contributed by atoms with Gasteiger partial charge >= 0.3 is 29.6 Å². The molecular formula is C56H56Cl2N21NaO8. The fraction of sp³-hybridized carbons (Fsp3) is 0.321. The molecule has 29 nitrogen and oxygen atoms in total. The molecular weight excluding hydrogens is 1190 g/mol. The molecule has 8 aromatic heterocycles. The Kier molecular flexibility index (Phi) is 28.6. The molecule has 10 rings (SSSR count). The van der Waals surface area contributed by atoms with Gasteiger partial charge in [-0.2, -0.15) is 0 Å². The van der Waals surface area contributed by atoms with Gasteiger partial charge in [-0.1, -0.05) is 60.0 Å². The van der Waals surface area contributed by atoms with E-state index in [1.54, 1.807) is 0 Å². The first-order valence-corrected chi connectivity index (χ1v) is 26.3. The quantitative estimate of drug-likeness (QED) is 0.0261. The van der Waals surface area contributed by atoms with Crippen molar-refractivity contribution < 1.29 is 72.6 Å². The number of rotatable bonds is 18. The maximum atomic E-state index is 13.0. The minimum absolute atomic E-state index is 0. The van der Waals surface area contributed by atoms with Crippen LogP contribution in [0.15, 0.2) is 153 Å². The van der Waals surface area contributed by atoms with E-state index in [1.165, 1.54) is 60.6 Å². The first kappa shape index (κ1) is 72.3. The van der Waals surface area contributed by atoms with E-state index >= 15 is 0 Å². The predicted molar refractivity (Wildman–Crippen MR) is 312 cm³/mol. The van der Waals surface area contributed by atoms with Crippen molar-refractivity contribution >= 4 is 61.1 Å². The summed E-state index contributed by atoms with van der Waals surface area (Å²) in [5, 5.41) is 31.4. The molecule has 88 heavy (non-hydrogen) atoms. The molecule has 0 saturated carbocycles. The van der Waals surface area contributed by atoms with Crippen molar-refractivity contribution in [3.63, 3.8) is 0 Å². The minimum atomic E-state index is -0.438. The molecule has 0 amide bonds. The number of nitrogens with zero attached hydrogens (tertiary/aromatic N) is 21. The number of unbranched alkanes of at least 4 members (excludes halogenated alkanes) is 2. The van der Waals surface area contributed by atoms with Gasteiger partial charge in [0.15, 0.2) is 0 Å². The Morgan fingerprint density at radius 3 is 0.818 bits per heavy atom. The van der Waals surface area contributed by atoms with Crippen molar-refractivity contribution in [3.05, 3.63) is 233 Å². The summed E-state index contributed by atoms with van der Waals surface area (Å²) in [5.41, 5.74) is -3.48. The number of aromatic nitrogens is 12. The van der Waals surface area contributed by atoms with E-state index < -0.39 is 44.5 Å². The van der Waals surface area contributed by atoms with E-state index in [-0.39, 0.29) is 124 Å². The molecule has 0 fully saturated rings. The van der Waals surface area contributed by atoms with Gasteiger partial charge in [-0.05, 0) is 37.1 Å². The topological polar surface area (TPSA) is 309 Å². The van der Waals surface area contributed by atoms with E-state index in [1.807, 2.05) is 116 Å². The summed E-state index contributed by atoms with van der Waals surface area (Å²) in [4.78, 5) is 111. The Bertz CT molecular complexity index is 4310. The number of hydrogen-bond acceptors (Lipinski definition) is 11. The standard InChI is InChI=1S/2C25H28N6O4.3C2N3.2ClH.Na/c2*1-3-4-5-27-8-9-29(17-27)11-13-31-24(34)20-14-18-19(15-21(20)25(31)35)23(33)30(22(18)32)12-10-28-7-6-26(2)16-28;3*1-4-5-2-3;;;/h2*6-9,14-17H,3-5,10-13H2,1-2H3;;;;2*1H;/q2*+2;3*-1;;;+1/p-2. The maximum Gasteiger partial charge on any atom is 1.00 e. The molecule has 0 unspecified atom stereocenters. The summed E-state index contributed by atoms with van der Waals surface area (Å²) < 4.78 is 20.3. The van der Waals surface area contributed by atoms with Crippen LogP contribution in [0.2, 0.25) is 0 Å². The van der Waals surface area contributed by atoms with Crippen LogP contribution in [0.5, 0.6) is 0 Å². The first-order chi connectivity index (χ1) is 41.0. The van der Waals surface area contributed by atoms with Crippen molar-refractivity contribution in [1.29, 1.82) is 0 Å². The van der Waals surface area contributed by atoms with Crippen LogP contribution in [0.4, 0.5) is 0 Å². The second-order valence-electron chi connectivity index (χ2n) is 19.0. The van der Waals surface area contributed by atoms with Gasteiger partial charge in [0.1, 0.15) is 75.8 Å². The molecule has 0 spiro atoms. The van der Waals surface area contributed by atoms with Gasteiger partial charge in [0.2, 0.25) is 25.3 Å². The summed E-state index contributed by atoms with van der Waals surface area (Å²) in [6.07, 6.45) is 27.3. The molecule has 0 aliphatic heterocycles. The zero-order valence-electron chi connectivity index (χ0n) is 48.6. The predicted octanol–water partition coefficient (Wildman–Crippen LogP) is -7.64. The van der Waals surface area contributed by atoms with Crippen LogP contribution in [-0.4, -0.2) is 54.6 Å². The molecule has 10 aromatic rings. The number of halogens is 2. The van der Waals surface area contributed by atoms with Crippen LogP contribution in [0.25, 0.3) is 74.2 Å². The van der Waals surface area contributed by atoms with Crippen LogP contribution in [0, 0.1) is 19.7 Å². The molecule has 0 saturated heterocycles. The zero-order chi connectivity index (χ0) is 61.7. The maximum absolute atomic E-state index is 13.0. The van der Waals surface area contributed by atoms with E-state index in [2.05, 4.69) is 53.1 Å². The van der Waals surface area contributed by atoms with Crippen molar-refractivity contribution in [3.8, 4) is 0 Å². The first-order valence-electron chi connectivity index (χ1n) is 26.3. The normalized spacial score (nSPS) is 10.1. The van der Waals surface area contributed by atoms with Gasteiger partial charge in [-0.3, -0.25) is 56.6 Å². The third-order valence-corrected chi connectivity index (χ3v) is 13.4. The fourth-order valence-corrected chi connectivity index (χ4v) is 9.24. The van der Waals surface area contributed by atoms with E-state index in [0.29, 0.717) is 26.2 Å². The monoisotopic (exact) mass is 1240 g/mol. The fourth-order valence-electron chi connectivity index (χ4n) is 9.24. The summed E-state index contributed by atoms with van der Waals surface area (Å²) >= 11 is 0. The van der Waals surface area contributed by atoms with Crippen LogP contribution in [-0.2, 0) is 79.5 Å². The summed E-state index contributed by atoms with van der Waals surface area (Å²) in [6.45, 7) is 26.3.